The summed E-state index contributed by atoms with van der Waals surface area (Å²) < 4.78 is 16.4. The summed E-state index contributed by atoms with van der Waals surface area (Å²) in [4.78, 5) is 12.0. The third kappa shape index (κ3) is 5.48. The van der Waals surface area contributed by atoms with Gasteiger partial charge in [0.25, 0.3) is 5.91 Å². The molecule has 0 aliphatic carbocycles. The lowest BCUT2D eigenvalue weighted by molar-refractivity contribution is -0.123. The van der Waals surface area contributed by atoms with Crippen LogP contribution in [0.1, 0.15) is 18.9 Å². The van der Waals surface area contributed by atoms with Gasteiger partial charge in [-0.05, 0) is 47.5 Å². The van der Waals surface area contributed by atoms with E-state index >= 15 is 0 Å². The summed E-state index contributed by atoms with van der Waals surface area (Å²) >= 11 is 0. The molecule has 0 unspecified atom stereocenters. The molecular formula is C23H24N2O4. The maximum atomic E-state index is 12.0. The molecule has 6 heteroatoms. The number of benzene rings is 3. The number of hydrogen-bond acceptors (Lipinski definition) is 5. The molecular weight excluding hydrogens is 368 g/mol. The van der Waals surface area contributed by atoms with Crippen molar-refractivity contribution in [3.05, 3.63) is 66.2 Å². The second-order valence-corrected chi connectivity index (χ2v) is 6.30. The quantitative estimate of drug-likeness (QED) is 0.438. The zero-order valence-corrected chi connectivity index (χ0v) is 16.6. The number of hydrazone groups is 1. The summed E-state index contributed by atoms with van der Waals surface area (Å²) in [6.45, 7) is 2.53. The van der Waals surface area contributed by atoms with E-state index in [9.17, 15) is 4.79 Å². The lowest BCUT2D eigenvalue weighted by Crippen LogP contribution is -2.24. The van der Waals surface area contributed by atoms with Crippen LogP contribution in [0.15, 0.2) is 65.8 Å². The molecule has 6 nitrogen and oxygen atoms in total. The van der Waals surface area contributed by atoms with Crippen LogP contribution >= 0.6 is 0 Å². The van der Waals surface area contributed by atoms with Gasteiger partial charge in [0.15, 0.2) is 6.61 Å². The summed E-state index contributed by atoms with van der Waals surface area (Å²) in [5.41, 5.74) is 3.32. The van der Waals surface area contributed by atoms with E-state index in [0.717, 1.165) is 34.3 Å². The highest BCUT2D eigenvalue weighted by Gasteiger charge is 2.08. The predicted molar refractivity (Wildman–Crippen MR) is 114 cm³/mol. The van der Waals surface area contributed by atoms with Gasteiger partial charge in [-0.3, -0.25) is 4.79 Å². The average molecular weight is 392 g/mol. The highest BCUT2D eigenvalue weighted by molar-refractivity contribution is 6.02. The third-order valence-electron chi connectivity index (χ3n) is 4.20. The van der Waals surface area contributed by atoms with Crippen LogP contribution in [0, 0.1) is 0 Å². The first-order valence-electron chi connectivity index (χ1n) is 9.44. The first kappa shape index (κ1) is 20.2. The molecule has 1 amide bonds. The fourth-order valence-electron chi connectivity index (χ4n) is 2.77. The molecule has 0 aliphatic heterocycles. The standard InChI is InChI=1S/C23H24N2O4/c1-3-14-28-22-13-8-17-6-4-5-7-20(17)21(22)15-24-25-23(26)16-29-19-11-9-18(27-2)10-12-19/h4-13,15H,3,14,16H2,1-2H3,(H,25,26)/b24-15+. The van der Waals surface area contributed by atoms with E-state index in [0.29, 0.717) is 12.4 Å². The lowest BCUT2D eigenvalue weighted by Gasteiger charge is -2.11. The largest absolute Gasteiger partial charge is 0.497 e. The van der Waals surface area contributed by atoms with Crippen LogP contribution in [-0.4, -0.2) is 32.4 Å². The molecule has 0 fully saturated rings. The predicted octanol–water partition coefficient (Wildman–Crippen LogP) is 4.17. The fraction of sp³-hybridized carbons (Fsp3) is 0.217. The molecule has 3 aromatic rings. The number of fused-ring (bicyclic) bond motifs is 1. The van der Waals surface area contributed by atoms with Crippen LogP contribution in [0.4, 0.5) is 0 Å². The van der Waals surface area contributed by atoms with Gasteiger partial charge in [-0.25, -0.2) is 5.43 Å². The molecule has 0 saturated carbocycles. The molecule has 1 N–H and O–H groups in total. The van der Waals surface area contributed by atoms with Crippen molar-refractivity contribution >= 4 is 22.9 Å². The van der Waals surface area contributed by atoms with Gasteiger partial charge in [-0.15, -0.1) is 0 Å². The van der Waals surface area contributed by atoms with Gasteiger partial charge in [0.1, 0.15) is 17.2 Å². The zero-order valence-electron chi connectivity index (χ0n) is 16.6. The third-order valence-corrected chi connectivity index (χ3v) is 4.20. The Morgan fingerprint density at radius 2 is 1.76 bits per heavy atom. The minimum Gasteiger partial charge on any atom is -0.497 e. The number of nitrogens with zero attached hydrogens (tertiary/aromatic N) is 1. The van der Waals surface area contributed by atoms with Crippen LogP contribution in [0.3, 0.4) is 0 Å². The molecule has 150 valence electrons. The first-order chi connectivity index (χ1) is 14.2. The van der Waals surface area contributed by atoms with Gasteiger partial charge in [0.05, 0.1) is 19.9 Å². The van der Waals surface area contributed by atoms with Crippen molar-refractivity contribution in [2.75, 3.05) is 20.3 Å². The van der Waals surface area contributed by atoms with Crippen molar-refractivity contribution in [3.63, 3.8) is 0 Å². The Morgan fingerprint density at radius 3 is 2.52 bits per heavy atom. The number of carbonyl (C=O) groups is 1. The first-order valence-corrected chi connectivity index (χ1v) is 9.44. The number of amides is 1. The van der Waals surface area contributed by atoms with Crippen molar-refractivity contribution in [3.8, 4) is 17.2 Å². The molecule has 0 aromatic heterocycles. The minimum absolute atomic E-state index is 0.140. The summed E-state index contributed by atoms with van der Waals surface area (Å²) in [6.07, 6.45) is 2.52. The van der Waals surface area contributed by atoms with Gasteiger partial charge in [-0.2, -0.15) is 5.10 Å². The van der Waals surface area contributed by atoms with Crippen molar-refractivity contribution in [2.24, 2.45) is 5.10 Å². The number of rotatable bonds is 9. The van der Waals surface area contributed by atoms with Crippen LogP contribution in [0.25, 0.3) is 10.8 Å². The summed E-state index contributed by atoms with van der Waals surface area (Å²) in [5, 5.41) is 6.18. The number of nitrogens with one attached hydrogen (secondary N) is 1. The second kappa shape index (κ2) is 10.1. The number of methoxy groups -OCH3 is 1. The van der Waals surface area contributed by atoms with Gasteiger partial charge in [-0.1, -0.05) is 37.3 Å². The SMILES string of the molecule is CCCOc1ccc2ccccc2c1/C=N/NC(=O)COc1ccc(OC)cc1. The van der Waals surface area contributed by atoms with Crippen molar-refractivity contribution in [1.29, 1.82) is 0 Å². The Hall–Kier alpha value is -3.54. The van der Waals surface area contributed by atoms with E-state index in [4.69, 9.17) is 14.2 Å². The zero-order chi connectivity index (χ0) is 20.5. The van der Waals surface area contributed by atoms with Crippen molar-refractivity contribution in [2.45, 2.75) is 13.3 Å². The van der Waals surface area contributed by atoms with Crippen LogP contribution in [0.5, 0.6) is 17.2 Å². The van der Waals surface area contributed by atoms with Crippen LogP contribution < -0.4 is 19.6 Å². The second-order valence-electron chi connectivity index (χ2n) is 6.30. The molecule has 3 rings (SSSR count). The van der Waals surface area contributed by atoms with Gasteiger partial charge in [0.2, 0.25) is 0 Å². The molecule has 0 aliphatic rings. The van der Waals surface area contributed by atoms with Crippen molar-refractivity contribution in [1.82, 2.24) is 5.43 Å². The Bertz CT molecular complexity index is 984. The number of ether oxygens (including phenoxy) is 3. The van der Waals surface area contributed by atoms with Gasteiger partial charge >= 0.3 is 0 Å². The molecule has 29 heavy (non-hydrogen) atoms. The van der Waals surface area contributed by atoms with Crippen LogP contribution in [0.2, 0.25) is 0 Å². The topological polar surface area (TPSA) is 69.2 Å². The maximum absolute atomic E-state index is 12.0. The van der Waals surface area contributed by atoms with Gasteiger partial charge < -0.3 is 14.2 Å². The number of hydrogen-bond donors (Lipinski definition) is 1. The Morgan fingerprint density at radius 1 is 1.00 bits per heavy atom. The van der Waals surface area contributed by atoms with E-state index in [1.165, 1.54) is 0 Å². The van der Waals surface area contributed by atoms with E-state index < -0.39 is 0 Å². The highest BCUT2D eigenvalue weighted by atomic mass is 16.5. The Kier molecular flexibility index (Phi) is 7.05. The van der Waals surface area contributed by atoms with E-state index in [-0.39, 0.29) is 12.5 Å². The number of carbonyl (C=O) groups excluding carboxylic acids is 1. The molecule has 0 bridgehead atoms. The molecule has 0 radical (unpaired) electrons. The monoisotopic (exact) mass is 392 g/mol. The molecule has 0 spiro atoms. The normalized spacial score (nSPS) is 10.8. The highest BCUT2D eigenvalue weighted by Crippen LogP contribution is 2.26. The van der Waals surface area contributed by atoms with Gasteiger partial charge in [0, 0.05) is 5.56 Å². The molecule has 0 saturated heterocycles. The lowest BCUT2D eigenvalue weighted by atomic mass is 10.0. The average Bonchev–Trinajstić information content (AvgIpc) is 2.77. The minimum atomic E-state index is -0.353. The maximum Gasteiger partial charge on any atom is 0.277 e. The Labute approximate surface area is 170 Å². The smallest absolute Gasteiger partial charge is 0.277 e. The molecule has 3 aromatic carbocycles. The van der Waals surface area contributed by atoms with Crippen molar-refractivity contribution < 1.29 is 19.0 Å². The summed E-state index contributed by atoms with van der Waals surface area (Å²) in [5.74, 6) is 1.68. The van der Waals surface area contributed by atoms with E-state index in [2.05, 4.69) is 17.5 Å². The van der Waals surface area contributed by atoms with E-state index in [1.54, 1.807) is 37.6 Å². The summed E-state index contributed by atoms with van der Waals surface area (Å²) in [7, 11) is 1.59. The van der Waals surface area contributed by atoms with E-state index in [1.807, 2.05) is 36.4 Å². The fourth-order valence-corrected chi connectivity index (χ4v) is 2.77. The Balaban J connectivity index is 1.65. The molecule has 0 heterocycles. The van der Waals surface area contributed by atoms with Crippen LogP contribution in [-0.2, 0) is 4.79 Å². The summed E-state index contributed by atoms with van der Waals surface area (Å²) in [6, 6.07) is 18.9. The molecule has 0 atom stereocenters.